The van der Waals surface area contributed by atoms with E-state index in [1.165, 1.54) is 29.9 Å². The average molecular weight is 289 g/mol. The van der Waals surface area contributed by atoms with Crippen LogP contribution in [0.15, 0.2) is 12.1 Å². The fourth-order valence-corrected chi connectivity index (χ4v) is 3.28. The van der Waals surface area contributed by atoms with Crippen molar-refractivity contribution >= 4 is 5.82 Å². The van der Waals surface area contributed by atoms with E-state index in [9.17, 15) is 0 Å². The molecule has 1 aliphatic rings. The maximum Gasteiger partial charge on any atom is 0.129 e. The zero-order valence-corrected chi connectivity index (χ0v) is 14.2. The molecule has 2 rings (SSSR count). The Labute approximate surface area is 130 Å². The highest BCUT2D eigenvalue weighted by atomic mass is 15.2. The monoisotopic (exact) mass is 289 g/mol. The van der Waals surface area contributed by atoms with E-state index in [0.717, 1.165) is 38.4 Å². The zero-order chi connectivity index (χ0) is 15.2. The van der Waals surface area contributed by atoms with Gasteiger partial charge in [0, 0.05) is 24.8 Å². The quantitative estimate of drug-likeness (QED) is 0.864. The summed E-state index contributed by atoms with van der Waals surface area (Å²) in [6.45, 7) is 12.2. The van der Waals surface area contributed by atoms with Crippen LogP contribution in [-0.2, 0) is 13.0 Å². The molecular formula is C18H31N3. The van der Waals surface area contributed by atoms with Crippen LogP contribution in [0.2, 0.25) is 0 Å². The second-order valence-corrected chi connectivity index (χ2v) is 6.53. The first-order chi connectivity index (χ1) is 10.1. The summed E-state index contributed by atoms with van der Waals surface area (Å²) in [5, 5.41) is 3.44. The number of piperidine rings is 1. The zero-order valence-electron chi connectivity index (χ0n) is 14.2. The van der Waals surface area contributed by atoms with Gasteiger partial charge in [-0.3, -0.25) is 0 Å². The summed E-state index contributed by atoms with van der Waals surface area (Å²) in [5.41, 5.74) is 2.62. The van der Waals surface area contributed by atoms with Crippen LogP contribution in [0, 0.1) is 5.92 Å². The van der Waals surface area contributed by atoms with Gasteiger partial charge in [-0.05, 0) is 56.3 Å². The van der Waals surface area contributed by atoms with Gasteiger partial charge < -0.3 is 10.2 Å². The molecule has 1 aromatic heterocycles. The Hall–Kier alpha value is -1.09. The number of nitrogens with one attached hydrogen (secondary N) is 1. The van der Waals surface area contributed by atoms with Crippen molar-refractivity contribution in [3.05, 3.63) is 23.4 Å². The summed E-state index contributed by atoms with van der Waals surface area (Å²) in [5.74, 6) is 2.03. The fourth-order valence-electron chi connectivity index (χ4n) is 3.28. The first kappa shape index (κ1) is 16.3. The lowest BCUT2D eigenvalue weighted by Crippen LogP contribution is -2.40. The van der Waals surface area contributed by atoms with Crippen molar-refractivity contribution < 1.29 is 0 Å². The molecular weight excluding hydrogens is 258 g/mol. The van der Waals surface area contributed by atoms with Crippen molar-refractivity contribution in [2.75, 3.05) is 18.0 Å². The van der Waals surface area contributed by atoms with Crippen LogP contribution >= 0.6 is 0 Å². The molecule has 0 amide bonds. The molecule has 3 heteroatoms. The smallest absolute Gasteiger partial charge is 0.129 e. The molecule has 2 atom stereocenters. The second-order valence-electron chi connectivity index (χ2n) is 6.53. The SMILES string of the molecule is CCCc1cc(CNCC)cc(N2CCC(C)CC2C)n1. The molecule has 2 unspecified atom stereocenters. The van der Waals surface area contributed by atoms with Crippen molar-refractivity contribution in [2.45, 2.75) is 66.0 Å². The van der Waals surface area contributed by atoms with E-state index in [1.54, 1.807) is 0 Å². The van der Waals surface area contributed by atoms with Gasteiger partial charge in [0.25, 0.3) is 0 Å². The molecule has 1 saturated heterocycles. The lowest BCUT2D eigenvalue weighted by atomic mass is 9.93. The predicted octanol–water partition coefficient (Wildman–Crippen LogP) is 3.77. The van der Waals surface area contributed by atoms with E-state index >= 15 is 0 Å². The molecule has 118 valence electrons. The Bertz CT molecular complexity index is 444. The number of nitrogens with zero attached hydrogens (tertiary/aromatic N) is 2. The summed E-state index contributed by atoms with van der Waals surface area (Å²) in [6.07, 6.45) is 4.80. The van der Waals surface area contributed by atoms with Gasteiger partial charge in [0.2, 0.25) is 0 Å². The fraction of sp³-hybridized carbons (Fsp3) is 0.722. The summed E-state index contributed by atoms with van der Waals surface area (Å²) < 4.78 is 0. The Morgan fingerprint density at radius 2 is 2.10 bits per heavy atom. The number of rotatable bonds is 6. The standard InChI is InChI=1S/C18H31N3/c1-5-7-17-11-16(13-19-6-2)12-18(20-17)21-9-8-14(3)10-15(21)4/h11-12,14-15,19H,5-10,13H2,1-4H3. The molecule has 0 aliphatic carbocycles. The topological polar surface area (TPSA) is 28.2 Å². The first-order valence-corrected chi connectivity index (χ1v) is 8.61. The Kier molecular flexibility index (Phi) is 6.04. The predicted molar refractivity (Wildman–Crippen MR) is 90.8 cm³/mol. The molecule has 0 aromatic carbocycles. The summed E-state index contributed by atoms with van der Waals surface area (Å²) in [6, 6.07) is 5.16. The third-order valence-electron chi connectivity index (χ3n) is 4.44. The van der Waals surface area contributed by atoms with Crippen LogP contribution in [0.25, 0.3) is 0 Å². The highest BCUT2D eigenvalue weighted by molar-refractivity contribution is 5.44. The van der Waals surface area contributed by atoms with E-state index < -0.39 is 0 Å². The Balaban J connectivity index is 2.21. The van der Waals surface area contributed by atoms with E-state index in [0.29, 0.717) is 6.04 Å². The van der Waals surface area contributed by atoms with Crippen LogP contribution < -0.4 is 10.2 Å². The third kappa shape index (κ3) is 4.44. The van der Waals surface area contributed by atoms with Crippen LogP contribution in [0.5, 0.6) is 0 Å². The molecule has 0 spiro atoms. The maximum absolute atomic E-state index is 4.93. The van der Waals surface area contributed by atoms with Crippen molar-refractivity contribution in [1.82, 2.24) is 10.3 Å². The number of aryl methyl sites for hydroxylation is 1. The summed E-state index contributed by atoms with van der Waals surface area (Å²) in [4.78, 5) is 7.44. The summed E-state index contributed by atoms with van der Waals surface area (Å²) >= 11 is 0. The van der Waals surface area contributed by atoms with Crippen molar-refractivity contribution in [2.24, 2.45) is 5.92 Å². The normalized spacial score (nSPS) is 22.6. The molecule has 0 radical (unpaired) electrons. The van der Waals surface area contributed by atoms with Crippen LogP contribution in [0.1, 0.15) is 58.2 Å². The Morgan fingerprint density at radius 3 is 2.76 bits per heavy atom. The lowest BCUT2D eigenvalue weighted by molar-refractivity contribution is 0.376. The van der Waals surface area contributed by atoms with Gasteiger partial charge in [0.1, 0.15) is 5.82 Å². The van der Waals surface area contributed by atoms with Crippen LogP contribution in [0.4, 0.5) is 5.82 Å². The third-order valence-corrected chi connectivity index (χ3v) is 4.44. The minimum atomic E-state index is 0.602. The summed E-state index contributed by atoms with van der Waals surface area (Å²) in [7, 11) is 0. The highest BCUT2D eigenvalue weighted by Gasteiger charge is 2.24. The minimum absolute atomic E-state index is 0.602. The van der Waals surface area contributed by atoms with Crippen LogP contribution in [-0.4, -0.2) is 24.1 Å². The molecule has 1 fully saturated rings. The Morgan fingerprint density at radius 1 is 1.29 bits per heavy atom. The van der Waals surface area contributed by atoms with E-state index in [4.69, 9.17) is 4.98 Å². The van der Waals surface area contributed by atoms with E-state index in [-0.39, 0.29) is 0 Å². The number of anilines is 1. The molecule has 2 heterocycles. The second kappa shape index (κ2) is 7.79. The number of hydrogen-bond acceptors (Lipinski definition) is 3. The molecule has 0 saturated carbocycles. The highest BCUT2D eigenvalue weighted by Crippen LogP contribution is 2.27. The molecule has 1 aliphatic heterocycles. The van der Waals surface area contributed by atoms with E-state index in [2.05, 4.69) is 50.0 Å². The molecule has 3 nitrogen and oxygen atoms in total. The molecule has 1 aromatic rings. The first-order valence-electron chi connectivity index (χ1n) is 8.61. The lowest BCUT2D eigenvalue weighted by Gasteiger charge is -2.37. The van der Waals surface area contributed by atoms with Gasteiger partial charge in [-0.25, -0.2) is 4.98 Å². The molecule has 0 bridgehead atoms. The van der Waals surface area contributed by atoms with Crippen LogP contribution in [0.3, 0.4) is 0 Å². The van der Waals surface area contributed by atoms with Gasteiger partial charge in [0.05, 0.1) is 0 Å². The van der Waals surface area contributed by atoms with Gasteiger partial charge in [0.15, 0.2) is 0 Å². The van der Waals surface area contributed by atoms with Gasteiger partial charge >= 0.3 is 0 Å². The largest absolute Gasteiger partial charge is 0.354 e. The van der Waals surface area contributed by atoms with E-state index in [1.807, 2.05) is 0 Å². The van der Waals surface area contributed by atoms with Crippen molar-refractivity contribution in [1.29, 1.82) is 0 Å². The maximum atomic E-state index is 4.93. The van der Waals surface area contributed by atoms with Gasteiger partial charge in [-0.1, -0.05) is 27.2 Å². The minimum Gasteiger partial charge on any atom is -0.354 e. The average Bonchev–Trinajstić information content (AvgIpc) is 2.45. The van der Waals surface area contributed by atoms with Crippen molar-refractivity contribution in [3.8, 4) is 0 Å². The number of pyridine rings is 1. The number of aromatic nitrogens is 1. The molecule has 1 N–H and O–H groups in total. The van der Waals surface area contributed by atoms with Gasteiger partial charge in [-0.15, -0.1) is 0 Å². The molecule has 21 heavy (non-hydrogen) atoms. The van der Waals surface area contributed by atoms with Gasteiger partial charge in [-0.2, -0.15) is 0 Å². The number of hydrogen-bond donors (Lipinski definition) is 1. The van der Waals surface area contributed by atoms with Crippen molar-refractivity contribution in [3.63, 3.8) is 0 Å².